The Morgan fingerprint density at radius 3 is 2.77 bits per heavy atom. The summed E-state index contributed by atoms with van der Waals surface area (Å²) in [6.07, 6.45) is 8.39. The van der Waals surface area contributed by atoms with Gasteiger partial charge in [-0.1, -0.05) is 35.2 Å². The zero-order chi connectivity index (χ0) is 9.94. The lowest BCUT2D eigenvalue weighted by Crippen LogP contribution is -2.00. The van der Waals surface area contributed by atoms with E-state index in [1.54, 1.807) is 0 Å². The van der Waals surface area contributed by atoms with Crippen LogP contribution in [0.1, 0.15) is 39.0 Å². The smallest absolute Gasteiger partial charge is 0.145 e. The van der Waals surface area contributed by atoms with E-state index in [1.165, 1.54) is 12.8 Å². The summed E-state index contributed by atoms with van der Waals surface area (Å²) < 4.78 is 0. The molecule has 0 aliphatic heterocycles. The molecule has 0 heterocycles. The molecule has 2 nitrogen and oxygen atoms in total. The minimum absolute atomic E-state index is 0.897. The van der Waals surface area contributed by atoms with Crippen LogP contribution in [0.4, 0.5) is 0 Å². The molecular formula is C10H20NOP. The van der Waals surface area contributed by atoms with Gasteiger partial charge in [-0.3, -0.25) is 4.79 Å². The Morgan fingerprint density at radius 2 is 2.23 bits per heavy atom. The van der Waals surface area contributed by atoms with Crippen molar-refractivity contribution in [1.29, 1.82) is 0 Å². The first kappa shape index (κ1) is 12.8. The second-order valence-electron chi connectivity index (χ2n) is 3.10. The Kier molecular flexibility index (Phi) is 9.73. The molecule has 0 saturated carbocycles. The predicted octanol–water partition coefficient (Wildman–Crippen LogP) is 2.46. The van der Waals surface area contributed by atoms with Gasteiger partial charge in [0.1, 0.15) is 6.29 Å². The van der Waals surface area contributed by atoms with Gasteiger partial charge in [-0.15, -0.1) is 0 Å². The van der Waals surface area contributed by atoms with Gasteiger partial charge in [0.25, 0.3) is 0 Å². The Bertz CT molecular complexity index is 157. The zero-order valence-electron chi connectivity index (χ0n) is 8.38. The molecule has 1 N–H and O–H groups in total. The van der Waals surface area contributed by atoms with Gasteiger partial charge in [-0.05, 0) is 31.4 Å². The predicted molar refractivity (Wildman–Crippen MR) is 60.6 cm³/mol. The molecule has 0 saturated heterocycles. The number of aldehydes is 1. The third kappa shape index (κ3) is 8.14. The van der Waals surface area contributed by atoms with Crippen LogP contribution >= 0.6 is 9.39 Å². The molecule has 0 radical (unpaired) electrons. The van der Waals surface area contributed by atoms with E-state index in [9.17, 15) is 4.79 Å². The third-order valence-electron chi connectivity index (χ3n) is 1.90. The average Bonchev–Trinajstić information content (AvgIpc) is 2.16. The van der Waals surface area contributed by atoms with Gasteiger partial charge in [0.15, 0.2) is 0 Å². The van der Waals surface area contributed by atoms with Gasteiger partial charge in [-0.2, -0.15) is 0 Å². The number of carbonyl (C=O) groups excluding carboxylic acids is 1. The van der Waals surface area contributed by atoms with Crippen molar-refractivity contribution in [3.05, 3.63) is 11.6 Å². The van der Waals surface area contributed by atoms with Crippen LogP contribution in [-0.2, 0) is 4.79 Å². The Morgan fingerprint density at radius 1 is 1.46 bits per heavy atom. The molecule has 0 aliphatic rings. The van der Waals surface area contributed by atoms with E-state index >= 15 is 0 Å². The number of carbonyl (C=O) groups is 1. The van der Waals surface area contributed by atoms with Crippen LogP contribution in [0.25, 0.3) is 0 Å². The lowest BCUT2D eigenvalue weighted by Gasteiger charge is -1.99. The summed E-state index contributed by atoms with van der Waals surface area (Å²) in [6, 6.07) is 0. The van der Waals surface area contributed by atoms with Crippen LogP contribution in [-0.4, -0.2) is 12.8 Å². The molecule has 0 aromatic heterocycles. The van der Waals surface area contributed by atoms with E-state index in [1.807, 2.05) is 0 Å². The Labute approximate surface area is 83.4 Å². The molecule has 0 aromatic rings. The van der Waals surface area contributed by atoms with Gasteiger partial charge < -0.3 is 5.09 Å². The van der Waals surface area contributed by atoms with Gasteiger partial charge in [0.05, 0.1) is 0 Å². The van der Waals surface area contributed by atoms with Gasteiger partial charge in [0.2, 0.25) is 0 Å². The van der Waals surface area contributed by atoms with Crippen molar-refractivity contribution < 1.29 is 4.79 Å². The summed E-state index contributed by atoms with van der Waals surface area (Å²) in [6.45, 7) is 3.11. The molecular weight excluding hydrogens is 181 g/mol. The van der Waals surface area contributed by atoms with E-state index < -0.39 is 0 Å². The molecule has 0 amide bonds. The summed E-state index contributed by atoms with van der Waals surface area (Å²) >= 11 is 0. The maximum Gasteiger partial charge on any atom is 0.145 e. The molecule has 1 atom stereocenters. The molecule has 0 fully saturated rings. The van der Waals surface area contributed by atoms with Crippen molar-refractivity contribution >= 4 is 15.7 Å². The topological polar surface area (TPSA) is 29.1 Å². The molecule has 0 rings (SSSR count). The van der Waals surface area contributed by atoms with Crippen LogP contribution in [0.15, 0.2) is 11.6 Å². The summed E-state index contributed by atoms with van der Waals surface area (Å²) in [5, 5.41) is 2.99. The molecule has 0 spiro atoms. The van der Waals surface area contributed by atoms with Crippen molar-refractivity contribution in [1.82, 2.24) is 5.09 Å². The highest BCUT2D eigenvalue weighted by Crippen LogP contribution is 2.05. The molecule has 3 heteroatoms. The van der Waals surface area contributed by atoms with Crippen molar-refractivity contribution in [2.45, 2.75) is 39.0 Å². The number of nitrogens with one attached hydrogen (secondary N) is 1. The molecule has 13 heavy (non-hydrogen) atoms. The quantitative estimate of drug-likeness (QED) is 0.283. The molecule has 0 aromatic carbocycles. The minimum atomic E-state index is 0.897. The average molecular weight is 201 g/mol. The maximum absolute atomic E-state index is 10.6. The highest BCUT2D eigenvalue weighted by molar-refractivity contribution is 7.13. The van der Waals surface area contributed by atoms with Crippen LogP contribution < -0.4 is 5.09 Å². The summed E-state index contributed by atoms with van der Waals surface area (Å²) in [5.41, 5.74) is 0.953. The van der Waals surface area contributed by atoms with Gasteiger partial charge in [0, 0.05) is 0 Å². The summed E-state index contributed by atoms with van der Waals surface area (Å²) in [4.78, 5) is 10.6. The monoisotopic (exact) mass is 201 g/mol. The lowest BCUT2D eigenvalue weighted by molar-refractivity contribution is -0.105. The van der Waals surface area contributed by atoms with Crippen LogP contribution in [0.3, 0.4) is 0 Å². The number of hydrogen-bond donors (Lipinski definition) is 1. The van der Waals surface area contributed by atoms with Gasteiger partial charge in [-0.25, -0.2) is 0 Å². The largest absolute Gasteiger partial charge is 0.301 e. The third-order valence-corrected chi connectivity index (χ3v) is 2.19. The zero-order valence-corrected chi connectivity index (χ0v) is 9.54. The van der Waals surface area contributed by atoms with E-state index in [0.29, 0.717) is 0 Å². The van der Waals surface area contributed by atoms with Crippen LogP contribution in [0.2, 0.25) is 0 Å². The molecule has 0 bridgehead atoms. The van der Waals surface area contributed by atoms with Crippen molar-refractivity contribution in [2.24, 2.45) is 0 Å². The van der Waals surface area contributed by atoms with E-state index in [0.717, 1.165) is 37.7 Å². The fourth-order valence-corrected chi connectivity index (χ4v) is 1.30. The fourth-order valence-electron chi connectivity index (χ4n) is 1.10. The minimum Gasteiger partial charge on any atom is -0.301 e. The Balaban J connectivity index is 3.60. The lowest BCUT2D eigenvalue weighted by atomic mass is 10.1. The second kappa shape index (κ2) is 9.88. The van der Waals surface area contributed by atoms with Crippen molar-refractivity contribution in [3.8, 4) is 0 Å². The van der Waals surface area contributed by atoms with Crippen molar-refractivity contribution in [3.63, 3.8) is 0 Å². The molecule has 1 unspecified atom stereocenters. The summed E-state index contributed by atoms with van der Waals surface area (Å²) in [7, 11) is 2.46. The van der Waals surface area contributed by atoms with Crippen LogP contribution in [0.5, 0.6) is 0 Å². The second-order valence-corrected chi connectivity index (χ2v) is 3.51. The number of rotatable bonds is 8. The SMILES string of the molecule is CCCC/C=C(/C=O)CCCNP. The number of allylic oxidation sites excluding steroid dienone is 2. The number of hydrogen-bond acceptors (Lipinski definition) is 2. The first-order valence-electron chi connectivity index (χ1n) is 4.92. The van der Waals surface area contributed by atoms with Crippen molar-refractivity contribution in [2.75, 3.05) is 6.54 Å². The highest BCUT2D eigenvalue weighted by Gasteiger charge is 1.94. The van der Waals surface area contributed by atoms with E-state index in [-0.39, 0.29) is 0 Å². The maximum atomic E-state index is 10.6. The fraction of sp³-hybridized carbons (Fsp3) is 0.700. The van der Waals surface area contributed by atoms with Gasteiger partial charge >= 0.3 is 0 Å². The highest BCUT2D eigenvalue weighted by atomic mass is 31.0. The first-order valence-corrected chi connectivity index (χ1v) is 5.50. The van der Waals surface area contributed by atoms with E-state index in [2.05, 4.69) is 27.5 Å². The number of unbranched alkanes of at least 4 members (excludes halogenated alkanes) is 2. The van der Waals surface area contributed by atoms with Crippen LogP contribution in [0, 0.1) is 0 Å². The first-order chi connectivity index (χ1) is 6.35. The summed E-state index contributed by atoms with van der Waals surface area (Å²) in [5.74, 6) is 0. The standard InChI is InChI=1S/C10H20NOP/c1-2-3-4-6-10(9-12)7-5-8-11-13/h6,9,11H,2-5,7-8,13H2,1H3/b10-6+. The molecule has 76 valence electrons. The Hall–Kier alpha value is -0.200. The molecule has 0 aliphatic carbocycles. The normalized spacial score (nSPS) is 11.7. The van der Waals surface area contributed by atoms with E-state index in [4.69, 9.17) is 0 Å².